The van der Waals surface area contributed by atoms with Crippen LogP contribution >= 0.6 is 0 Å². The molecule has 5 nitrogen and oxygen atoms in total. The van der Waals surface area contributed by atoms with Gasteiger partial charge in [-0.3, -0.25) is 4.79 Å². The van der Waals surface area contributed by atoms with Crippen molar-refractivity contribution >= 4 is 11.9 Å². The van der Waals surface area contributed by atoms with Crippen LogP contribution in [0.25, 0.3) is 0 Å². The number of amides is 1. The summed E-state index contributed by atoms with van der Waals surface area (Å²) < 4.78 is 5.01. The van der Waals surface area contributed by atoms with E-state index in [0.29, 0.717) is 11.3 Å². The Labute approximate surface area is 99.6 Å². The van der Waals surface area contributed by atoms with E-state index in [2.05, 4.69) is 0 Å². The molecule has 0 fully saturated rings. The highest BCUT2D eigenvalue weighted by Gasteiger charge is 2.22. The largest absolute Gasteiger partial charge is 0.497 e. The third-order valence-electron chi connectivity index (χ3n) is 2.58. The average molecular weight is 237 g/mol. The van der Waals surface area contributed by atoms with Gasteiger partial charge in [-0.25, -0.2) is 4.79 Å². The van der Waals surface area contributed by atoms with Gasteiger partial charge in [0, 0.05) is 12.6 Å². The van der Waals surface area contributed by atoms with Crippen molar-refractivity contribution in [2.75, 3.05) is 14.2 Å². The Morgan fingerprint density at radius 3 is 2.59 bits per heavy atom. The van der Waals surface area contributed by atoms with Crippen molar-refractivity contribution < 1.29 is 19.4 Å². The standard InChI is InChI=1S/C12H15NO4/c1-8(12(15)16)13(2)11(14)9-5-4-6-10(7-9)17-3/h4-8H,1-3H3,(H,15,16). The van der Waals surface area contributed by atoms with E-state index in [1.165, 1.54) is 26.0 Å². The summed E-state index contributed by atoms with van der Waals surface area (Å²) in [6, 6.07) is 5.74. The van der Waals surface area contributed by atoms with Crippen molar-refractivity contribution in [3.63, 3.8) is 0 Å². The fraction of sp³-hybridized carbons (Fsp3) is 0.333. The summed E-state index contributed by atoms with van der Waals surface area (Å²) in [6.07, 6.45) is 0. The van der Waals surface area contributed by atoms with E-state index in [-0.39, 0.29) is 5.91 Å². The van der Waals surface area contributed by atoms with Crippen LogP contribution in [0.4, 0.5) is 0 Å². The number of carbonyl (C=O) groups excluding carboxylic acids is 1. The zero-order valence-corrected chi connectivity index (χ0v) is 10.0. The van der Waals surface area contributed by atoms with Crippen LogP contribution < -0.4 is 4.74 Å². The molecule has 0 heterocycles. The van der Waals surface area contributed by atoms with Gasteiger partial charge in [0.05, 0.1) is 7.11 Å². The summed E-state index contributed by atoms with van der Waals surface area (Å²) >= 11 is 0. The minimum absolute atomic E-state index is 0.348. The van der Waals surface area contributed by atoms with E-state index in [1.807, 2.05) is 0 Å². The number of benzene rings is 1. The maximum atomic E-state index is 12.0. The van der Waals surface area contributed by atoms with Crippen LogP contribution in [0, 0.1) is 0 Å². The zero-order chi connectivity index (χ0) is 13.0. The molecular weight excluding hydrogens is 222 g/mol. The fourth-order valence-corrected chi connectivity index (χ4v) is 1.30. The summed E-state index contributed by atoms with van der Waals surface area (Å²) in [7, 11) is 2.97. The second-order valence-electron chi connectivity index (χ2n) is 3.66. The van der Waals surface area contributed by atoms with Gasteiger partial charge in [0.1, 0.15) is 11.8 Å². The Hall–Kier alpha value is -2.04. The average Bonchev–Trinajstić information content (AvgIpc) is 2.36. The predicted octanol–water partition coefficient (Wildman–Crippen LogP) is 1.24. The Morgan fingerprint density at radius 2 is 2.06 bits per heavy atom. The molecule has 1 atom stereocenters. The molecule has 0 aromatic heterocycles. The van der Waals surface area contributed by atoms with Crippen molar-refractivity contribution in [1.82, 2.24) is 4.90 Å². The number of hydrogen-bond donors (Lipinski definition) is 1. The van der Waals surface area contributed by atoms with Crippen molar-refractivity contribution in [1.29, 1.82) is 0 Å². The number of rotatable bonds is 4. The molecule has 0 aliphatic carbocycles. The molecule has 1 aromatic rings. The third kappa shape index (κ3) is 2.96. The summed E-state index contributed by atoms with van der Waals surface area (Å²) in [4.78, 5) is 23.9. The van der Waals surface area contributed by atoms with E-state index in [1.54, 1.807) is 24.3 Å². The number of likely N-dealkylation sites (N-methyl/N-ethyl adjacent to an activating group) is 1. The highest BCUT2D eigenvalue weighted by Crippen LogP contribution is 2.14. The second kappa shape index (κ2) is 5.34. The lowest BCUT2D eigenvalue weighted by Crippen LogP contribution is -2.40. The van der Waals surface area contributed by atoms with Gasteiger partial charge in [-0.15, -0.1) is 0 Å². The Kier molecular flexibility index (Phi) is 4.09. The van der Waals surface area contributed by atoms with E-state index in [0.717, 1.165) is 0 Å². The molecule has 0 saturated carbocycles. The molecule has 1 rings (SSSR count). The van der Waals surface area contributed by atoms with Gasteiger partial charge in [0.25, 0.3) is 5.91 Å². The summed E-state index contributed by atoms with van der Waals surface area (Å²) in [5.41, 5.74) is 0.403. The van der Waals surface area contributed by atoms with Gasteiger partial charge in [-0.05, 0) is 25.1 Å². The highest BCUT2D eigenvalue weighted by molar-refractivity contribution is 5.96. The molecule has 1 aromatic carbocycles. The Balaban J connectivity index is 2.92. The lowest BCUT2D eigenvalue weighted by molar-refractivity contribution is -0.141. The number of nitrogens with zero attached hydrogens (tertiary/aromatic N) is 1. The molecule has 0 radical (unpaired) electrons. The summed E-state index contributed by atoms with van der Waals surface area (Å²) in [5, 5.41) is 8.83. The van der Waals surface area contributed by atoms with Gasteiger partial charge < -0.3 is 14.7 Å². The van der Waals surface area contributed by atoms with Gasteiger partial charge in [0.15, 0.2) is 0 Å². The van der Waals surface area contributed by atoms with Crippen LogP contribution in [0.1, 0.15) is 17.3 Å². The first-order valence-electron chi connectivity index (χ1n) is 5.11. The predicted molar refractivity (Wildman–Crippen MR) is 62.2 cm³/mol. The SMILES string of the molecule is COc1cccc(C(=O)N(C)C(C)C(=O)O)c1. The molecule has 0 spiro atoms. The molecule has 1 N–H and O–H groups in total. The third-order valence-corrected chi connectivity index (χ3v) is 2.58. The summed E-state index contributed by atoms with van der Waals surface area (Å²) in [5.74, 6) is -0.824. The van der Waals surface area contributed by atoms with Crippen molar-refractivity contribution in [3.8, 4) is 5.75 Å². The Morgan fingerprint density at radius 1 is 1.41 bits per heavy atom. The number of carbonyl (C=O) groups is 2. The number of hydrogen-bond acceptors (Lipinski definition) is 3. The lowest BCUT2D eigenvalue weighted by Gasteiger charge is -2.21. The van der Waals surface area contributed by atoms with Crippen LogP contribution in [0.5, 0.6) is 5.75 Å². The highest BCUT2D eigenvalue weighted by atomic mass is 16.5. The lowest BCUT2D eigenvalue weighted by atomic mass is 10.1. The normalized spacial score (nSPS) is 11.7. The smallest absolute Gasteiger partial charge is 0.326 e. The van der Waals surface area contributed by atoms with Gasteiger partial charge >= 0.3 is 5.97 Å². The molecule has 0 bridgehead atoms. The minimum atomic E-state index is -1.04. The first-order chi connectivity index (χ1) is 7.97. The van der Waals surface area contributed by atoms with E-state index in [9.17, 15) is 9.59 Å². The zero-order valence-electron chi connectivity index (χ0n) is 10.0. The number of carboxylic acid groups (broad SMARTS) is 1. The number of carboxylic acids is 1. The van der Waals surface area contributed by atoms with Crippen LogP contribution in [-0.4, -0.2) is 42.1 Å². The molecule has 17 heavy (non-hydrogen) atoms. The first kappa shape index (κ1) is 13.0. The maximum Gasteiger partial charge on any atom is 0.326 e. The molecule has 0 aliphatic heterocycles. The quantitative estimate of drug-likeness (QED) is 0.855. The molecule has 0 aliphatic rings. The van der Waals surface area contributed by atoms with Crippen molar-refractivity contribution in [2.45, 2.75) is 13.0 Å². The molecule has 92 valence electrons. The minimum Gasteiger partial charge on any atom is -0.497 e. The number of ether oxygens (including phenoxy) is 1. The van der Waals surface area contributed by atoms with Gasteiger partial charge in [-0.1, -0.05) is 6.07 Å². The maximum absolute atomic E-state index is 12.0. The molecule has 5 heteroatoms. The van der Waals surface area contributed by atoms with Crippen LogP contribution in [-0.2, 0) is 4.79 Å². The van der Waals surface area contributed by atoms with Crippen LogP contribution in [0.15, 0.2) is 24.3 Å². The van der Waals surface area contributed by atoms with E-state index in [4.69, 9.17) is 9.84 Å². The fourth-order valence-electron chi connectivity index (χ4n) is 1.30. The van der Waals surface area contributed by atoms with Gasteiger partial charge in [0.2, 0.25) is 0 Å². The molecule has 1 amide bonds. The van der Waals surface area contributed by atoms with Crippen LogP contribution in [0.2, 0.25) is 0 Å². The first-order valence-corrected chi connectivity index (χ1v) is 5.11. The van der Waals surface area contributed by atoms with Crippen molar-refractivity contribution in [2.24, 2.45) is 0 Å². The second-order valence-corrected chi connectivity index (χ2v) is 3.66. The van der Waals surface area contributed by atoms with Crippen LogP contribution in [0.3, 0.4) is 0 Å². The number of methoxy groups -OCH3 is 1. The summed E-state index contributed by atoms with van der Waals surface area (Å²) in [6.45, 7) is 1.46. The Bertz CT molecular complexity index is 430. The number of aliphatic carboxylic acids is 1. The van der Waals surface area contributed by atoms with Gasteiger partial charge in [-0.2, -0.15) is 0 Å². The molecule has 1 unspecified atom stereocenters. The molecular formula is C12H15NO4. The van der Waals surface area contributed by atoms with Crippen molar-refractivity contribution in [3.05, 3.63) is 29.8 Å². The topological polar surface area (TPSA) is 66.8 Å². The monoisotopic (exact) mass is 237 g/mol. The van der Waals surface area contributed by atoms with E-state index >= 15 is 0 Å². The van der Waals surface area contributed by atoms with E-state index < -0.39 is 12.0 Å². The molecule has 0 saturated heterocycles.